The van der Waals surface area contributed by atoms with E-state index in [1.165, 1.54) is 0 Å². The van der Waals surface area contributed by atoms with Crippen LogP contribution in [-0.4, -0.2) is 18.9 Å². The fourth-order valence-electron chi connectivity index (χ4n) is 1.20. The number of carbonyl (C=O) groups excluding carboxylic acids is 1. The Balaban J connectivity index is 3.32. The van der Waals surface area contributed by atoms with Gasteiger partial charge < -0.3 is 16.3 Å². The van der Waals surface area contributed by atoms with Crippen LogP contribution in [0, 0.1) is 5.92 Å². The van der Waals surface area contributed by atoms with Crippen LogP contribution in [0.2, 0.25) is 0 Å². The molecule has 0 saturated heterocycles. The van der Waals surface area contributed by atoms with Crippen LogP contribution in [0.5, 0.6) is 0 Å². The first-order valence-electron chi connectivity index (χ1n) is 4.61. The van der Waals surface area contributed by atoms with Crippen LogP contribution in [-0.2, 0) is 4.79 Å². The first-order chi connectivity index (χ1) is 5.70. The van der Waals surface area contributed by atoms with Gasteiger partial charge in [0.05, 0.1) is 0 Å². The van der Waals surface area contributed by atoms with E-state index in [9.17, 15) is 4.79 Å². The molecule has 0 spiro atoms. The Kier molecular flexibility index (Phi) is 7.00. The normalized spacial score (nSPS) is 15.6. The van der Waals surface area contributed by atoms with Crippen molar-refractivity contribution in [3.05, 3.63) is 0 Å². The van der Waals surface area contributed by atoms with E-state index in [0.29, 0.717) is 0 Å². The summed E-state index contributed by atoms with van der Waals surface area (Å²) in [6.45, 7) is 2.63. The number of hydrogen-bond donors (Lipinski definition) is 2. The van der Waals surface area contributed by atoms with Crippen molar-refractivity contribution in [2.45, 2.75) is 38.6 Å². The Morgan fingerprint density at radius 3 is 2.58 bits per heavy atom. The second-order valence-electron chi connectivity index (χ2n) is 3.39. The van der Waals surface area contributed by atoms with Crippen molar-refractivity contribution in [1.29, 1.82) is 0 Å². The summed E-state index contributed by atoms with van der Waals surface area (Å²) in [6, 6.07) is 0.164. The molecule has 0 heterocycles. The van der Waals surface area contributed by atoms with Crippen LogP contribution in [0.1, 0.15) is 32.6 Å². The van der Waals surface area contributed by atoms with Crippen molar-refractivity contribution in [2.24, 2.45) is 17.4 Å². The van der Waals surface area contributed by atoms with Gasteiger partial charge in [0.2, 0.25) is 0 Å². The molecule has 3 nitrogen and oxygen atoms in total. The first kappa shape index (κ1) is 11.6. The summed E-state index contributed by atoms with van der Waals surface area (Å²) in [5, 5.41) is 0. The van der Waals surface area contributed by atoms with Gasteiger partial charge in [-0.05, 0) is 25.8 Å². The highest BCUT2D eigenvalue weighted by atomic mass is 16.1. The van der Waals surface area contributed by atoms with Gasteiger partial charge in [-0.25, -0.2) is 0 Å². The molecule has 0 aromatic heterocycles. The minimum atomic E-state index is 0.0953. The van der Waals surface area contributed by atoms with Gasteiger partial charge >= 0.3 is 0 Å². The lowest BCUT2D eigenvalue weighted by Gasteiger charge is -2.12. The number of carbonyl (C=O) groups is 1. The minimum Gasteiger partial charge on any atom is -0.330 e. The van der Waals surface area contributed by atoms with Gasteiger partial charge in [-0.3, -0.25) is 0 Å². The molecule has 0 aromatic rings. The summed E-state index contributed by atoms with van der Waals surface area (Å²) in [6.07, 6.45) is 4.85. The van der Waals surface area contributed by atoms with Crippen molar-refractivity contribution < 1.29 is 4.79 Å². The maximum Gasteiger partial charge on any atom is 0.122 e. The second kappa shape index (κ2) is 7.25. The molecule has 72 valence electrons. The van der Waals surface area contributed by atoms with Crippen molar-refractivity contribution in [2.75, 3.05) is 6.54 Å². The highest BCUT2D eigenvalue weighted by Crippen LogP contribution is 2.07. The molecule has 12 heavy (non-hydrogen) atoms. The summed E-state index contributed by atoms with van der Waals surface area (Å²) in [4.78, 5) is 10.3. The molecule has 0 bridgehead atoms. The number of hydrogen-bond acceptors (Lipinski definition) is 3. The predicted molar refractivity (Wildman–Crippen MR) is 50.7 cm³/mol. The third-order valence-electron chi connectivity index (χ3n) is 1.94. The molecule has 0 amide bonds. The highest BCUT2D eigenvalue weighted by molar-refractivity contribution is 5.52. The fraction of sp³-hybridized carbons (Fsp3) is 0.889. The number of unbranched alkanes of at least 4 members (excludes halogenated alkanes) is 1. The quantitative estimate of drug-likeness (QED) is 0.438. The lowest BCUT2D eigenvalue weighted by molar-refractivity contribution is -0.110. The monoisotopic (exact) mass is 172 g/mol. The van der Waals surface area contributed by atoms with E-state index in [1.807, 2.05) is 6.92 Å². The lowest BCUT2D eigenvalue weighted by Crippen LogP contribution is -2.23. The van der Waals surface area contributed by atoms with Crippen LogP contribution in [0.25, 0.3) is 0 Å². The number of aldehydes is 1. The summed E-state index contributed by atoms with van der Waals surface area (Å²) < 4.78 is 0. The Morgan fingerprint density at radius 1 is 1.42 bits per heavy atom. The highest BCUT2D eigenvalue weighted by Gasteiger charge is 2.07. The van der Waals surface area contributed by atoms with E-state index in [4.69, 9.17) is 11.5 Å². The zero-order chi connectivity index (χ0) is 9.40. The van der Waals surface area contributed by atoms with E-state index < -0.39 is 0 Å². The molecule has 4 N–H and O–H groups in total. The summed E-state index contributed by atoms with van der Waals surface area (Å²) in [5.41, 5.74) is 11.1. The van der Waals surface area contributed by atoms with Gasteiger partial charge in [0, 0.05) is 12.0 Å². The van der Waals surface area contributed by atoms with E-state index >= 15 is 0 Å². The van der Waals surface area contributed by atoms with Crippen molar-refractivity contribution in [3.63, 3.8) is 0 Å². The molecule has 0 aliphatic heterocycles. The molecule has 0 aliphatic carbocycles. The Hall–Kier alpha value is -0.410. The lowest BCUT2D eigenvalue weighted by atomic mass is 9.99. The number of nitrogens with two attached hydrogens (primary N) is 2. The molecule has 3 heteroatoms. The molecular formula is C9H20N2O. The largest absolute Gasteiger partial charge is 0.330 e. The van der Waals surface area contributed by atoms with Gasteiger partial charge in [0.1, 0.15) is 6.29 Å². The number of rotatable bonds is 7. The van der Waals surface area contributed by atoms with Gasteiger partial charge in [-0.1, -0.05) is 13.3 Å². The van der Waals surface area contributed by atoms with Crippen molar-refractivity contribution in [1.82, 2.24) is 0 Å². The SMILES string of the molecule is CC(C=O)CC(N)CCCCN. The molecule has 0 aliphatic rings. The summed E-state index contributed by atoms with van der Waals surface area (Å²) >= 11 is 0. The minimum absolute atomic E-state index is 0.0953. The summed E-state index contributed by atoms with van der Waals surface area (Å²) in [5.74, 6) is 0.0953. The van der Waals surface area contributed by atoms with Gasteiger partial charge in [0.25, 0.3) is 0 Å². The average Bonchev–Trinajstić information content (AvgIpc) is 2.05. The third kappa shape index (κ3) is 6.31. The van der Waals surface area contributed by atoms with Crippen LogP contribution < -0.4 is 11.5 Å². The Bertz CT molecular complexity index is 117. The second-order valence-corrected chi connectivity index (χ2v) is 3.39. The van der Waals surface area contributed by atoms with Crippen LogP contribution in [0.4, 0.5) is 0 Å². The topological polar surface area (TPSA) is 69.1 Å². The van der Waals surface area contributed by atoms with E-state index in [2.05, 4.69) is 0 Å². The molecule has 0 rings (SSSR count). The first-order valence-corrected chi connectivity index (χ1v) is 4.61. The van der Waals surface area contributed by atoms with Crippen LogP contribution in [0.15, 0.2) is 0 Å². The van der Waals surface area contributed by atoms with E-state index in [1.54, 1.807) is 0 Å². The third-order valence-corrected chi connectivity index (χ3v) is 1.94. The molecule has 2 atom stereocenters. The zero-order valence-electron chi connectivity index (χ0n) is 7.83. The standard InChI is InChI=1S/C9H20N2O/c1-8(7-12)6-9(11)4-2-3-5-10/h7-9H,2-6,10-11H2,1H3. The molecule has 0 radical (unpaired) electrons. The van der Waals surface area contributed by atoms with Gasteiger partial charge in [0.15, 0.2) is 0 Å². The van der Waals surface area contributed by atoms with Crippen molar-refractivity contribution in [3.8, 4) is 0 Å². The fourth-order valence-corrected chi connectivity index (χ4v) is 1.20. The van der Waals surface area contributed by atoms with Gasteiger partial charge in [-0.15, -0.1) is 0 Å². The predicted octanol–water partition coefficient (Wildman–Crippen LogP) is 0.668. The summed E-state index contributed by atoms with van der Waals surface area (Å²) in [7, 11) is 0. The van der Waals surface area contributed by atoms with Crippen LogP contribution in [0.3, 0.4) is 0 Å². The van der Waals surface area contributed by atoms with E-state index in [-0.39, 0.29) is 12.0 Å². The van der Waals surface area contributed by atoms with Gasteiger partial charge in [-0.2, -0.15) is 0 Å². The average molecular weight is 172 g/mol. The molecule has 0 saturated carbocycles. The van der Waals surface area contributed by atoms with E-state index in [0.717, 1.165) is 38.5 Å². The Morgan fingerprint density at radius 2 is 2.08 bits per heavy atom. The maximum absolute atomic E-state index is 10.3. The Labute approximate surface area is 74.5 Å². The maximum atomic E-state index is 10.3. The smallest absolute Gasteiger partial charge is 0.122 e. The molecule has 0 fully saturated rings. The molecule has 2 unspecified atom stereocenters. The van der Waals surface area contributed by atoms with Crippen molar-refractivity contribution >= 4 is 6.29 Å². The molecule has 0 aromatic carbocycles. The van der Waals surface area contributed by atoms with Crippen LogP contribution >= 0.6 is 0 Å². The molecular weight excluding hydrogens is 152 g/mol. The zero-order valence-corrected chi connectivity index (χ0v) is 7.83.